The molecule has 0 aromatic carbocycles. The van der Waals surface area contributed by atoms with Crippen LogP contribution in [0.2, 0.25) is 0 Å². The summed E-state index contributed by atoms with van der Waals surface area (Å²) in [6.45, 7) is 5.20. The van der Waals surface area contributed by atoms with Gasteiger partial charge in [-0.2, -0.15) is 0 Å². The minimum absolute atomic E-state index is 0.270. The summed E-state index contributed by atoms with van der Waals surface area (Å²) in [5.41, 5.74) is 5.65. The molecule has 3 nitrogen and oxygen atoms in total. The molecule has 2 aliphatic carbocycles. The van der Waals surface area contributed by atoms with Gasteiger partial charge in [-0.25, -0.2) is 0 Å². The van der Waals surface area contributed by atoms with Gasteiger partial charge in [0.1, 0.15) is 0 Å². The number of hydrogen-bond donors (Lipinski definition) is 2. The Morgan fingerprint density at radius 2 is 1.74 bits per heavy atom. The summed E-state index contributed by atoms with van der Waals surface area (Å²) < 4.78 is 0. The van der Waals surface area contributed by atoms with Crippen molar-refractivity contribution in [1.29, 1.82) is 0 Å². The van der Waals surface area contributed by atoms with E-state index in [4.69, 9.17) is 5.73 Å². The van der Waals surface area contributed by atoms with Gasteiger partial charge >= 0.3 is 0 Å². The Morgan fingerprint density at radius 3 is 2.16 bits per heavy atom. The topological polar surface area (TPSA) is 55.1 Å². The van der Waals surface area contributed by atoms with Crippen LogP contribution in [0.1, 0.15) is 58.8 Å². The SMILES string of the molecule is CC(C)C(CCN)CCC(=O)NC(C1CC1)C1CC1. The van der Waals surface area contributed by atoms with Crippen LogP contribution in [0.15, 0.2) is 0 Å². The smallest absolute Gasteiger partial charge is 0.220 e. The minimum Gasteiger partial charge on any atom is -0.353 e. The Hall–Kier alpha value is -0.570. The van der Waals surface area contributed by atoms with Gasteiger partial charge in [0.25, 0.3) is 0 Å². The predicted molar refractivity (Wildman–Crippen MR) is 78.6 cm³/mol. The number of rotatable bonds is 9. The van der Waals surface area contributed by atoms with E-state index in [0.29, 0.717) is 24.3 Å². The molecule has 0 saturated heterocycles. The predicted octanol–water partition coefficient (Wildman–Crippen LogP) is 2.69. The molecule has 19 heavy (non-hydrogen) atoms. The van der Waals surface area contributed by atoms with E-state index in [2.05, 4.69) is 19.2 Å². The first kappa shape index (κ1) is 14.8. The largest absolute Gasteiger partial charge is 0.353 e. The van der Waals surface area contributed by atoms with Gasteiger partial charge in [-0.3, -0.25) is 4.79 Å². The van der Waals surface area contributed by atoms with E-state index in [9.17, 15) is 4.79 Å². The number of carbonyl (C=O) groups excluding carboxylic acids is 1. The summed E-state index contributed by atoms with van der Waals surface area (Å²) in [5.74, 6) is 3.07. The van der Waals surface area contributed by atoms with Gasteiger partial charge in [0, 0.05) is 12.5 Å². The van der Waals surface area contributed by atoms with Crippen molar-refractivity contribution in [2.45, 2.75) is 64.8 Å². The molecule has 3 N–H and O–H groups in total. The summed E-state index contributed by atoms with van der Waals surface area (Å²) in [6.07, 6.45) is 8.00. The zero-order chi connectivity index (χ0) is 13.8. The monoisotopic (exact) mass is 266 g/mol. The van der Waals surface area contributed by atoms with Gasteiger partial charge in [0.15, 0.2) is 0 Å². The zero-order valence-corrected chi connectivity index (χ0v) is 12.5. The standard InChI is InChI=1S/C16H30N2O/c1-11(2)12(9-10-17)7-8-15(19)18-16(13-3-4-13)14-5-6-14/h11-14,16H,3-10,17H2,1-2H3,(H,18,19). The fourth-order valence-electron chi connectivity index (χ4n) is 3.13. The van der Waals surface area contributed by atoms with Crippen LogP contribution < -0.4 is 11.1 Å². The van der Waals surface area contributed by atoms with Crippen molar-refractivity contribution in [2.24, 2.45) is 29.4 Å². The molecule has 0 aromatic heterocycles. The first-order valence-electron chi connectivity index (χ1n) is 8.11. The van der Waals surface area contributed by atoms with Crippen molar-refractivity contribution in [3.8, 4) is 0 Å². The lowest BCUT2D eigenvalue weighted by atomic mass is 9.88. The Kier molecular flexibility index (Phi) is 5.26. The van der Waals surface area contributed by atoms with Crippen LogP contribution in [0, 0.1) is 23.7 Å². The van der Waals surface area contributed by atoms with Gasteiger partial charge in [0.05, 0.1) is 0 Å². The van der Waals surface area contributed by atoms with Gasteiger partial charge in [-0.05, 0) is 68.7 Å². The molecule has 2 saturated carbocycles. The molecule has 2 aliphatic rings. The lowest BCUT2D eigenvalue weighted by Crippen LogP contribution is -2.38. The highest BCUT2D eigenvalue weighted by molar-refractivity contribution is 5.76. The zero-order valence-electron chi connectivity index (χ0n) is 12.5. The average Bonchev–Trinajstić information content (AvgIpc) is 3.24. The Balaban J connectivity index is 1.70. The van der Waals surface area contributed by atoms with Crippen molar-refractivity contribution in [3.05, 3.63) is 0 Å². The highest BCUT2D eigenvalue weighted by Gasteiger charge is 2.42. The molecule has 110 valence electrons. The Labute approximate surface area is 117 Å². The van der Waals surface area contributed by atoms with E-state index in [-0.39, 0.29) is 5.91 Å². The van der Waals surface area contributed by atoms with E-state index in [0.717, 1.165) is 31.2 Å². The van der Waals surface area contributed by atoms with Crippen LogP contribution in [0.3, 0.4) is 0 Å². The second kappa shape index (κ2) is 6.74. The maximum atomic E-state index is 12.1. The molecule has 1 unspecified atom stereocenters. The van der Waals surface area contributed by atoms with Gasteiger partial charge in [-0.1, -0.05) is 13.8 Å². The molecule has 2 rings (SSSR count). The van der Waals surface area contributed by atoms with Crippen molar-refractivity contribution in [1.82, 2.24) is 5.32 Å². The van der Waals surface area contributed by atoms with Gasteiger partial charge in [0.2, 0.25) is 5.91 Å². The highest BCUT2D eigenvalue weighted by Crippen LogP contribution is 2.44. The van der Waals surface area contributed by atoms with Crippen LogP contribution in [-0.2, 0) is 4.79 Å². The summed E-state index contributed by atoms with van der Waals surface area (Å²) >= 11 is 0. The first-order valence-corrected chi connectivity index (χ1v) is 8.11. The molecule has 1 amide bonds. The third-order valence-corrected chi connectivity index (χ3v) is 4.81. The van der Waals surface area contributed by atoms with E-state index in [1.807, 2.05) is 0 Å². The highest BCUT2D eigenvalue weighted by atomic mass is 16.1. The second-order valence-corrected chi connectivity index (χ2v) is 6.89. The first-order chi connectivity index (χ1) is 9.11. The average molecular weight is 266 g/mol. The molecular weight excluding hydrogens is 236 g/mol. The molecule has 0 aliphatic heterocycles. The Bertz CT molecular complexity index is 283. The third kappa shape index (κ3) is 4.79. The molecular formula is C16H30N2O. The number of amides is 1. The van der Waals surface area contributed by atoms with E-state index >= 15 is 0 Å². The molecule has 0 aromatic rings. The molecule has 1 atom stereocenters. The number of carbonyl (C=O) groups is 1. The van der Waals surface area contributed by atoms with E-state index < -0.39 is 0 Å². The normalized spacial score (nSPS) is 20.9. The van der Waals surface area contributed by atoms with Crippen molar-refractivity contribution >= 4 is 5.91 Å². The second-order valence-electron chi connectivity index (χ2n) is 6.89. The third-order valence-electron chi connectivity index (χ3n) is 4.81. The minimum atomic E-state index is 0.270. The van der Waals surface area contributed by atoms with Crippen LogP contribution in [-0.4, -0.2) is 18.5 Å². The summed E-state index contributed by atoms with van der Waals surface area (Å²) in [5, 5.41) is 3.31. The lowest BCUT2D eigenvalue weighted by molar-refractivity contribution is -0.122. The maximum absolute atomic E-state index is 12.1. The van der Waals surface area contributed by atoms with Gasteiger partial charge in [-0.15, -0.1) is 0 Å². The molecule has 0 spiro atoms. The van der Waals surface area contributed by atoms with Crippen LogP contribution in [0.5, 0.6) is 0 Å². The summed E-state index contributed by atoms with van der Waals surface area (Å²) in [6, 6.07) is 0.500. The fourth-order valence-corrected chi connectivity index (χ4v) is 3.13. The van der Waals surface area contributed by atoms with Crippen LogP contribution in [0.4, 0.5) is 0 Å². The molecule has 0 radical (unpaired) electrons. The number of hydrogen-bond acceptors (Lipinski definition) is 2. The van der Waals surface area contributed by atoms with Crippen LogP contribution >= 0.6 is 0 Å². The fraction of sp³-hybridized carbons (Fsp3) is 0.938. The van der Waals surface area contributed by atoms with Crippen molar-refractivity contribution in [3.63, 3.8) is 0 Å². The maximum Gasteiger partial charge on any atom is 0.220 e. The van der Waals surface area contributed by atoms with Crippen molar-refractivity contribution in [2.75, 3.05) is 6.54 Å². The molecule has 3 heteroatoms. The van der Waals surface area contributed by atoms with E-state index in [1.165, 1.54) is 25.7 Å². The molecule has 0 bridgehead atoms. The van der Waals surface area contributed by atoms with E-state index in [1.54, 1.807) is 0 Å². The number of nitrogens with one attached hydrogen (secondary N) is 1. The lowest BCUT2D eigenvalue weighted by Gasteiger charge is -2.21. The van der Waals surface area contributed by atoms with Crippen LogP contribution in [0.25, 0.3) is 0 Å². The summed E-state index contributed by atoms with van der Waals surface area (Å²) in [4.78, 5) is 12.1. The van der Waals surface area contributed by atoms with Crippen molar-refractivity contribution < 1.29 is 4.79 Å². The quantitative estimate of drug-likeness (QED) is 0.674. The summed E-state index contributed by atoms with van der Waals surface area (Å²) in [7, 11) is 0. The number of nitrogens with two attached hydrogens (primary N) is 1. The Morgan fingerprint density at radius 1 is 1.16 bits per heavy atom. The molecule has 0 heterocycles. The van der Waals surface area contributed by atoms with Gasteiger partial charge < -0.3 is 11.1 Å². The molecule has 2 fully saturated rings.